The Balaban J connectivity index is 1.93. The summed E-state index contributed by atoms with van der Waals surface area (Å²) in [6, 6.07) is 5.21. The lowest BCUT2D eigenvalue weighted by molar-refractivity contribution is -0.137. The second-order valence-electron chi connectivity index (χ2n) is 7.10. The number of benzene rings is 1. The highest BCUT2D eigenvalue weighted by molar-refractivity contribution is 5.85. The first-order chi connectivity index (χ1) is 13.9. The smallest absolute Gasteiger partial charge is 0.336 e. The van der Waals surface area contributed by atoms with Crippen molar-refractivity contribution >= 4 is 22.8 Å². The van der Waals surface area contributed by atoms with Crippen LogP contribution in [0.5, 0.6) is 5.75 Å². The lowest BCUT2D eigenvalue weighted by Crippen LogP contribution is -2.29. The molecule has 2 aromatic rings. The third kappa shape index (κ3) is 6.93. The molecule has 1 aromatic heterocycles. The lowest BCUT2D eigenvalue weighted by Gasteiger charge is -2.12. The number of carbonyl (C=O) groups is 2. The fraction of sp³-hybridized carbons (Fsp3) is 0.500. The van der Waals surface area contributed by atoms with Crippen LogP contribution in [-0.4, -0.2) is 30.1 Å². The molecule has 7 nitrogen and oxygen atoms in total. The number of rotatable bonds is 12. The number of fused-ring (bicyclic) bond motifs is 1. The van der Waals surface area contributed by atoms with Crippen LogP contribution in [0.1, 0.15) is 56.6 Å². The van der Waals surface area contributed by atoms with E-state index in [0.29, 0.717) is 29.9 Å². The number of unbranched alkanes of at least 4 members (excludes halogenated alkanes) is 3. The number of hydrogen-bond donors (Lipinski definition) is 2. The molecular formula is C22H29NO6. The Bertz CT molecular complexity index is 902. The zero-order valence-electron chi connectivity index (χ0n) is 17.1. The van der Waals surface area contributed by atoms with Gasteiger partial charge in [-0.3, -0.25) is 9.59 Å². The summed E-state index contributed by atoms with van der Waals surface area (Å²) in [4.78, 5) is 34.3. The predicted octanol–water partition coefficient (Wildman–Crippen LogP) is 3.58. The van der Waals surface area contributed by atoms with Crippen molar-refractivity contribution in [3.8, 4) is 5.75 Å². The van der Waals surface area contributed by atoms with Gasteiger partial charge in [-0.2, -0.15) is 0 Å². The van der Waals surface area contributed by atoms with E-state index >= 15 is 0 Å². The third-order valence-electron chi connectivity index (χ3n) is 4.74. The summed E-state index contributed by atoms with van der Waals surface area (Å²) in [5, 5.41) is 12.2. The molecule has 0 spiro atoms. The largest absolute Gasteiger partial charge is 0.483 e. The quantitative estimate of drug-likeness (QED) is 0.414. The molecule has 2 rings (SSSR count). The van der Waals surface area contributed by atoms with Crippen LogP contribution in [0.2, 0.25) is 0 Å². The van der Waals surface area contributed by atoms with Crippen LogP contribution in [0, 0.1) is 6.92 Å². The minimum Gasteiger partial charge on any atom is -0.483 e. The van der Waals surface area contributed by atoms with Gasteiger partial charge in [-0.15, -0.1) is 0 Å². The molecule has 0 saturated carbocycles. The predicted molar refractivity (Wildman–Crippen MR) is 110 cm³/mol. The Morgan fingerprint density at radius 3 is 2.69 bits per heavy atom. The average molecular weight is 403 g/mol. The van der Waals surface area contributed by atoms with Crippen LogP contribution in [0.3, 0.4) is 0 Å². The van der Waals surface area contributed by atoms with Gasteiger partial charge in [0.25, 0.3) is 5.91 Å². The number of aryl methyl sites for hydroxylation is 2. The first kappa shape index (κ1) is 22.5. The van der Waals surface area contributed by atoms with E-state index in [9.17, 15) is 14.4 Å². The Morgan fingerprint density at radius 1 is 1.17 bits per heavy atom. The van der Waals surface area contributed by atoms with E-state index in [0.717, 1.165) is 43.1 Å². The Labute approximate surface area is 170 Å². The van der Waals surface area contributed by atoms with Crippen LogP contribution < -0.4 is 15.7 Å². The molecule has 1 aromatic carbocycles. The maximum atomic E-state index is 12.0. The van der Waals surface area contributed by atoms with E-state index in [1.165, 1.54) is 0 Å². The summed E-state index contributed by atoms with van der Waals surface area (Å²) in [6.07, 6.45) is 5.06. The highest BCUT2D eigenvalue weighted by Gasteiger charge is 2.13. The summed E-state index contributed by atoms with van der Waals surface area (Å²) in [5.41, 5.74) is 1.78. The van der Waals surface area contributed by atoms with Crippen LogP contribution >= 0.6 is 0 Å². The van der Waals surface area contributed by atoms with E-state index < -0.39 is 5.97 Å². The maximum Gasteiger partial charge on any atom is 0.336 e. The van der Waals surface area contributed by atoms with Crippen molar-refractivity contribution in [3.63, 3.8) is 0 Å². The van der Waals surface area contributed by atoms with Gasteiger partial charge in [0.05, 0.1) is 0 Å². The molecule has 0 aliphatic rings. The first-order valence-corrected chi connectivity index (χ1v) is 10.1. The van der Waals surface area contributed by atoms with E-state index in [1.807, 2.05) is 13.0 Å². The normalized spacial score (nSPS) is 10.8. The van der Waals surface area contributed by atoms with Crippen LogP contribution in [-0.2, 0) is 16.0 Å². The highest BCUT2D eigenvalue weighted by atomic mass is 16.5. The number of hydrogen-bond acceptors (Lipinski definition) is 5. The summed E-state index contributed by atoms with van der Waals surface area (Å²) < 4.78 is 11.0. The number of carboxylic acids is 1. The minimum absolute atomic E-state index is 0.138. The number of carbonyl (C=O) groups excluding carboxylic acids is 1. The molecule has 158 valence electrons. The molecular weight excluding hydrogens is 374 g/mol. The van der Waals surface area contributed by atoms with Crippen molar-refractivity contribution in [2.24, 2.45) is 0 Å². The zero-order chi connectivity index (χ0) is 21.2. The molecule has 0 fully saturated rings. The molecule has 0 aliphatic carbocycles. The lowest BCUT2D eigenvalue weighted by atomic mass is 10.0. The van der Waals surface area contributed by atoms with Crippen molar-refractivity contribution in [2.45, 2.75) is 58.8 Å². The monoisotopic (exact) mass is 403 g/mol. The maximum absolute atomic E-state index is 12.0. The fourth-order valence-corrected chi connectivity index (χ4v) is 3.14. The molecule has 0 bridgehead atoms. The van der Waals surface area contributed by atoms with Crippen molar-refractivity contribution in [1.82, 2.24) is 5.32 Å². The molecule has 0 saturated heterocycles. The molecule has 1 amide bonds. The zero-order valence-corrected chi connectivity index (χ0v) is 17.1. The molecule has 0 radical (unpaired) electrons. The van der Waals surface area contributed by atoms with Gasteiger partial charge in [0.2, 0.25) is 0 Å². The average Bonchev–Trinajstić information content (AvgIpc) is 2.68. The van der Waals surface area contributed by atoms with Gasteiger partial charge in [0.1, 0.15) is 11.3 Å². The molecule has 0 aliphatic heterocycles. The van der Waals surface area contributed by atoms with Gasteiger partial charge in [-0.25, -0.2) is 4.79 Å². The Morgan fingerprint density at radius 2 is 1.97 bits per heavy atom. The summed E-state index contributed by atoms with van der Waals surface area (Å²) in [7, 11) is 0. The minimum atomic E-state index is -0.804. The molecule has 29 heavy (non-hydrogen) atoms. The fourth-order valence-electron chi connectivity index (χ4n) is 3.14. The second-order valence-corrected chi connectivity index (χ2v) is 7.10. The molecule has 1 heterocycles. The molecule has 2 N–H and O–H groups in total. The van der Waals surface area contributed by atoms with E-state index in [1.54, 1.807) is 12.1 Å². The van der Waals surface area contributed by atoms with E-state index in [-0.39, 0.29) is 24.6 Å². The number of ether oxygens (including phenoxy) is 1. The van der Waals surface area contributed by atoms with E-state index in [4.69, 9.17) is 14.3 Å². The van der Waals surface area contributed by atoms with Crippen molar-refractivity contribution < 1.29 is 23.8 Å². The topological polar surface area (TPSA) is 106 Å². The van der Waals surface area contributed by atoms with Gasteiger partial charge < -0.3 is 19.6 Å². The first-order valence-electron chi connectivity index (χ1n) is 10.1. The Kier molecular flexibility index (Phi) is 8.70. The van der Waals surface area contributed by atoms with Crippen LogP contribution in [0.15, 0.2) is 27.4 Å². The van der Waals surface area contributed by atoms with Gasteiger partial charge >= 0.3 is 11.6 Å². The van der Waals surface area contributed by atoms with Gasteiger partial charge in [0.15, 0.2) is 6.61 Å². The summed E-state index contributed by atoms with van der Waals surface area (Å²) in [6.45, 7) is 4.26. The standard InChI is InChI=1S/C22H29NO6/c1-3-4-8-16-13-21(27)29-22-15(2)18(11-10-17(16)22)28-14-19(24)23-12-7-5-6-9-20(25)26/h10-11,13H,3-9,12,14H2,1-2H3,(H,23,24)(H,25,26). The van der Waals surface area contributed by atoms with Crippen molar-refractivity contribution in [2.75, 3.05) is 13.2 Å². The number of nitrogens with one attached hydrogen (secondary N) is 1. The van der Waals surface area contributed by atoms with Gasteiger partial charge in [0, 0.05) is 30.0 Å². The summed E-state index contributed by atoms with van der Waals surface area (Å²) >= 11 is 0. The van der Waals surface area contributed by atoms with Crippen LogP contribution in [0.4, 0.5) is 0 Å². The Hall–Kier alpha value is -2.83. The van der Waals surface area contributed by atoms with Gasteiger partial charge in [-0.1, -0.05) is 19.8 Å². The SMILES string of the molecule is CCCCc1cc(=O)oc2c(C)c(OCC(=O)NCCCCCC(=O)O)ccc12. The van der Waals surface area contributed by atoms with Crippen LogP contribution in [0.25, 0.3) is 11.0 Å². The number of amides is 1. The molecule has 7 heteroatoms. The van der Waals surface area contributed by atoms with Gasteiger partial charge in [-0.05, 0) is 50.3 Å². The second kappa shape index (κ2) is 11.2. The molecule has 0 unspecified atom stereocenters. The van der Waals surface area contributed by atoms with Crippen molar-refractivity contribution in [3.05, 3.63) is 39.7 Å². The number of carboxylic acid groups (broad SMARTS) is 1. The highest BCUT2D eigenvalue weighted by Crippen LogP contribution is 2.29. The molecule has 0 atom stereocenters. The summed E-state index contributed by atoms with van der Waals surface area (Å²) in [5.74, 6) is -0.549. The van der Waals surface area contributed by atoms with E-state index in [2.05, 4.69) is 12.2 Å². The number of aliphatic carboxylic acids is 1. The van der Waals surface area contributed by atoms with Crippen molar-refractivity contribution in [1.29, 1.82) is 0 Å². The third-order valence-corrected chi connectivity index (χ3v) is 4.74.